The lowest BCUT2D eigenvalue weighted by Gasteiger charge is -2.25. The van der Waals surface area contributed by atoms with E-state index in [-0.39, 0.29) is 6.42 Å². The molecule has 21 heavy (non-hydrogen) atoms. The molecule has 1 heterocycles. The van der Waals surface area contributed by atoms with Crippen LogP contribution < -0.4 is 10.6 Å². The number of benzene rings is 1. The van der Waals surface area contributed by atoms with Crippen molar-refractivity contribution in [1.29, 1.82) is 0 Å². The number of para-hydroxylation sites is 2. The average molecular weight is 350 g/mol. The first kappa shape index (κ1) is 15.3. The molecule has 0 spiro atoms. The third-order valence-electron chi connectivity index (χ3n) is 3.01. The molecule has 0 saturated carbocycles. The maximum absolute atomic E-state index is 10.8. The number of carboxylic acid groups (broad SMARTS) is 1. The summed E-state index contributed by atoms with van der Waals surface area (Å²) in [5.41, 5.74) is 8.44. The lowest BCUT2D eigenvalue weighted by atomic mass is 10.2. The molecule has 0 unspecified atom stereocenters. The maximum Gasteiger partial charge on any atom is 0.305 e. The van der Waals surface area contributed by atoms with Crippen LogP contribution in [0.1, 0.15) is 12.0 Å². The van der Waals surface area contributed by atoms with Gasteiger partial charge in [-0.3, -0.25) is 9.78 Å². The van der Waals surface area contributed by atoms with Crippen LogP contribution in [0, 0.1) is 0 Å². The van der Waals surface area contributed by atoms with Crippen molar-refractivity contribution in [2.75, 3.05) is 17.2 Å². The van der Waals surface area contributed by atoms with Gasteiger partial charge in [0.2, 0.25) is 0 Å². The maximum atomic E-state index is 10.8. The van der Waals surface area contributed by atoms with E-state index in [4.69, 9.17) is 10.8 Å². The van der Waals surface area contributed by atoms with Crippen molar-refractivity contribution in [2.24, 2.45) is 0 Å². The molecule has 2 aromatic rings. The minimum absolute atomic E-state index is 0.0514. The van der Waals surface area contributed by atoms with E-state index in [9.17, 15) is 4.79 Å². The van der Waals surface area contributed by atoms with Crippen molar-refractivity contribution in [2.45, 2.75) is 13.0 Å². The second kappa shape index (κ2) is 7.08. The zero-order valence-electron chi connectivity index (χ0n) is 11.4. The third-order valence-corrected chi connectivity index (χ3v) is 3.44. The van der Waals surface area contributed by atoms with Gasteiger partial charge in [0.1, 0.15) is 0 Å². The number of hydrogen-bond donors (Lipinski definition) is 2. The predicted molar refractivity (Wildman–Crippen MR) is 86.1 cm³/mol. The van der Waals surface area contributed by atoms with Crippen LogP contribution in [0.4, 0.5) is 11.4 Å². The number of nitrogens with two attached hydrogens (primary N) is 1. The topological polar surface area (TPSA) is 79.5 Å². The van der Waals surface area contributed by atoms with Gasteiger partial charge in [-0.05, 0) is 39.7 Å². The zero-order valence-corrected chi connectivity index (χ0v) is 13.0. The molecule has 1 aromatic carbocycles. The highest BCUT2D eigenvalue weighted by atomic mass is 79.9. The quantitative estimate of drug-likeness (QED) is 0.783. The number of aromatic nitrogens is 1. The monoisotopic (exact) mass is 349 g/mol. The summed E-state index contributed by atoms with van der Waals surface area (Å²) in [6.45, 7) is 0.935. The smallest absolute Gasteiger partial charge is 0.305 e. The molecule has 0 aliphatic carbocycles. The number of pyridine rings is 1. The predicted octanol–water partition coefficient (Wildman–Crippen LogP) is 2.91. The van der Waals surface area contributed by atoms with E-state index >= 15 is 0 Å². The number of aliphatic carboxylic acids is 1. The molecule has 0 aliphatic rings. The summed E-state index contributed by atoms with van der Waals surface area (Å²) in [4.78, 5) is 16.9. The van der Waals surface area contributed by atoms with Gasteiger partial charge in [0.15, 0.2) is 0 Å². The molecule has 1 aromatic heterocycles. The molecule has 6 heteroatoms. The highest BCUT2D eigenvalue weighted by molar-refractivity contribution is 9.10. The Morgan fingerprint density at radius 3 is 2.76 bits per heavy atom. The Labute approximate surface area is 131 Å². The number of hydrogen-bond acceptors (Lipinski definition) is 4. The summed E-state index contributed by atoms with van der Waals surface area (Å²) in [6.07, 6.45) is 3.52. The van der Waals surface area contributed by atoms with E-state index in [0.29, 0.717) is 18.8 Å². The largest absolute Gasteiger partial charge is 0.481 e. The van der Waals surface area contributed by atoms with Gasteiger partial charge in [0.25, 0.3) is 0 Å². The van der Waals surface area contributed by atoms with Crippen molar-refractivity contribution >= 4 is 33.3 Å². The Morgan fingerprint density at radius 1 is 1.33 bits per heavy atom. The number of nitrogen functional groups attached to an aromatic ring is 1. The first-order valence-electron chi connectivity index (χ1n) is 6.47. The first-order valence-corrected chi connectivity index (χ1v) is 7.26. The lowest BCUT2D eigenvalue weighted by molar-refractivity contribution is -0.136. The molecule has 0 bridgehead atoms. The third kappa shape index (κ3) is 4.46. The number of carbonyl (C=O) groups is 1. The van der Waals surface area contributed by atoms with Gasteiger partial charge < -0.3 is 15.7 Å². The average Bonchev–Trinajstić information content (AvgIpc) is 2.44. The van der Waals surface area contributed by atoms with Crippen LogP contribution >= 0.6 is 15.9 Å². The molecule has 2 rings (SSSR count). The summed E-state index contributed by atoms with van der Waals surface area (Å²) >= 11 is 3.39. The Bertz CT molecular complexity index is 634. The second-order valence-corrected chi connectivity index (χ2v) is 5.55. The van der Waals surface area contributed by atoms with E-state index in [1.165, 1.54) is 0 Å². The summed E-state index contributed by atoms with van der Waals surface area (Å²) < 4.78 is 0.888. The molecule has 5 nitrogen and oxygen atoms in total. The van der Waals surface area contributed by atoms with E-state index in [1.54, 1.807) is 12.4 Å². The fourth-order valence-corrected chi connectivity index (χ4v) is 2.47. The highest BCUT2D eigenvalue weighted by Crippen LogP contribution is 2.25. The van der Waals surface area contributed by atoms with Crippen molar-refractivity contribution in [3.05, 3.63) is 52.8 Å². The van der Waals surface area contributed by atoms with Crippen LogP contribution in [0.25, 0.3) is 0 Å². The molecule has 110 valence electrons. The van der Waals surface area contributed by atoms with Crippen LogP contribution in [-0.4, -0.2) is 22.6 Å². The summed E-state index contributed by atoms with van der Waals surface area (Å²) in [6, 6.07) is 9.40. The Hall–Kier alpha value is -2.08. The van der Waals surface area contributed by atoms with E-state index < -0.39 is 5.97 Å². The number of halogens is 1. The first-order chi connectivity index (χ1) is 10.1. The number of carboxylic acids is 1. The van der Waals surface area contributed by atoms with E-state index in [0.717, 1.165) is 15.7 Å². The highest BCUT2D eigenvalue weighted by Gasteiger charge is 2.12. The van der Waals surface area contributed by atoms with Crippen molar-refractivity contribution < 1.29 is 9.90 Å². The minimum Gasteiger partial charge on any atom is -0.481 e. The number of nitrogens with zero attached hydrogens (tertiary/aromatic N) is 2. The minimum atomic E-state index is -0.832. The Balaban J connectivity index is 2.23. The van der Waals surface area contributed by atoms with Gasteiger partial charge in [-0.25, -0.2) is 0 Å². The number of anilines is 2. The summed E-state index contributed by atoms with van der Waals surface area (Å²) in [5.74, 6) is -0.832. The van der Waals surface area contributed by atoms with Crippen LogP contribution in [0.3, 0.4) is 0 Å². The fourth-order valence-electron chi connectivity index (χ4n) is 2.05. The normalized spacial score (nSPS) is 10.3. The van der Waals surface area contributed by atoms with Crippen LogP contribution in [0.5, 0.6) is 0 Å². The van der Waals surface area contributed by atoms with Gasteiger partial charge in [-0.2, -0.15) is 0 Å². The molecule has 0 radical (unpaired) electrons. The molecule has 0 amide bonds. The standard InChI is InChI=1S/C15H16BrN3O2/c16-12-7-11(8-18-9-12)10-19(6-5-15(20)21)14-4-2-1-3-13(14)17/h1-4,7-9H,5-6,10,17H2,(H,20,21). The van der Waals surface area contributed by atoms with Crippen molar-refractivity contribution in [1.82, 2.24) is 4.98 Å². The van der Waals surface area contributed by atoms with Gasteiger partial charge in [0.05, 0.1) is 17.8 Å². The van der Waals surface area contributed by atoms with Gasteiger partial charge in [-0.15, -0.1) is 0 Å². The fraction of sp³-hybridized carbons (Fsp3) is 0.200. The second-order valence-electron chi connectivity index (χ2n) is 4.64. The molecule has 3 N–H and O–H groups in total. The molecular weight excluding hydrogens is 334 g/mol. The molecule has 0 aliphatic heterocycles. The molecule has 0 fully saturated rings. The number of rotatable bonds is 6. The van der Waals surface area contributed by atoms with Crippen LogP contribution in [0.15, 0.2) is 47.2 Å². The van der Waals surface area contributed by atoms with Gasteiger partial charge in [0, 0.05) is 30.0 Å². The SMILES string of the molecule is Nc1ccccc1N(CCC(=O)O)Cc1cncc(Br)c1. The summed E-state index contributed by atoms with van der Waals surface area (Å²) in [5, 5.41) is 8.91. The molecule has 0 atom stereocenters. The molecular formula is C15H16BrN3O2. The van der Waals surface area contributed by atoms with Crippen LogP contribution in [0.2, 0.25) is 0 Å². The van der Waals surface area contributed by atoms with Crippen molar-refractivity contribution in [3.63, 3.8) is 0 Å². The Morgan fingerprint density at radius 2 is 2.10 bits per heavy atom. The lowest BCUT2D eigenvalue weighted by Crippen LogP contribution is -2.26. The van der Waals surface area contributed by atoms with Crippen LogP contribution in [-0.2, 0) is 11.3 Å². The Kier molecular flexibility index (Phi) is 5.16. The van der Waals surface area contributed by atoms with Crippen molar-refractivity contribution in [3.8, 4) is 0 Å². The van der Waals surface area contributed by atoms with Gasteiger partial charge in [-0.1, -0.05) is 12.1 Å². The van der Waals surface area contributed by atoms with E-state index in [2.05, 4.69) is 20.9 Å². The zero-order chi connectivity index (χ0) is 15.2. The molecule has 0 saturated heterocycles. The van der Waals surface area contributed by atoms with E-state index in [1.807, 2.05) is 35.2 Å². The van der Waals surface area contributed by atoms with Gasteiger partial charge >= 0.3 is 5.97 Å². The summed E-state index contributed by atoms with van der Waals surface area (Å²) in [7, 11) is 0.